The van der Waals surface area contributed by atoms with Crippen LogP contribution in [0, 0.1) is 17.8 Å². The molecule has 4 heteroatoms. The molecule has 0 radical (unpaired) electrons. The molecule has 0 spiro atoms. The van der Waals surface area contributed by atoms with Crippen molar-refractivity contribution in [3.8, 4) is 0 Å². The van der Waals surface area contributed by atoms with Gasteiger partial charge in [0, 0.05) is 19.6 Å². The minimum Gasteiger partial charge on any atom is -0.389 e. The second-order valence-corrected chi connectivity index (χ2v) is 7.98. The number of hydrogen-bond acceptors (Lipinski definition) is 4. The van der Waals surface area contributed by atoms with Crippen molar-refractivity contribution in [3.63, 3.8) is 0 Å². The fourth-order valence-corrected chi connectivity index (χ4v) is 5.62. The number of β-amino-alcohol motifs (C(OH)–C–C–N with tert-alkyl or cyclic N) is 1. The Kier molecular flexibility index (Phi) is 3.99. The summed E-state index contributed by atoms with van der Waals surface area (Å²) in [6, 6.07) is 0. The van der Waals surface area contributed by atoms with Crippen molar-refractivity contribution in [1.82, 2.24) is 4.90 Å². The van der Waals surface area contributed by atoms with Crippen LogP contribution in [0.15, 0.2) is 0 Å². The Morgan fingerprint density at radius 1 is 1.05 bits per heavy atom. The van der Waals surface area contributed by atoms with Crippen LogP contribution in [0.1, 0.15) is 38.5 Å². The van der Waals surface area contributed by atoms with E-state index in [0.29, 0.717) is 6.61 Å². The summed E-state index contributed by atoms with van der Waals surface area (Å²) in [5.41, 5.74) is 0.126. The van der Waals surface area contributed by atoms with Gasteiger partial charge in [-0.05, 0) is 56.3 Å². The minimum absolute atomic E-state index is 0.126. The zero-order chi connectivity index (χ0) is 14.3. The standard InChI is InChI=1S/C17H29NO3/c19-16(11-18-1-3-20-4-2-18)12-21-17-8-13-5-14(9-17)7-15(6-13)10-17/h13-16,19H,1-12H2. The van der Waals surface area contributed by atoms with E-state index in [1.54, 1.807) is 0 Å². The van der Waals surface area contributed by atoms with Gasteiger partial charge in [-0.3, -0.25) is 4.90 Å². The molecule has 1 saturated heterocycles. The second kappa shape index (κ2) is 5.80. The van der Waals surface area contributed by atoms with Gasteiger partial charge in [0.15, 0.2) is 0 Å². The average Bonchev–Trinajstić information content (AvgIpc) is 2.45. The monoisotopic (exact) mass is 295 g/mol. The zero-order valence-electron chi connectivity index (χ0n) is 13.0. The molecule has 5 aliphatic rings. The molecule has 4 nitrogen and oxygen atoms in total. The quantitative estimate of drug-likeness (QED) is 0.838. The van der Waals surface area contributed by atoms with Gasteiger partial charge in [-0.25, -0.2) is 0 Å². The number of morpholine rings is 1. The summed E-state index contributed by atoms with van der Waals surface area (Å²) < 4.78 is 11.7. The largest absolute Gasteiger partial charge is 0.389 e. The summed E-state index contributed by atoms with van der Waals surface area (Å²) in [5.74, 6) is 2.73. The maximum absolute atomic E-state index is 10.3. The first-order valence-electron chi connectivity index (χ1n) is 8.83. The van der Waals surface area contributed by atoms with Crippen molar-refractivity contribution in [1.29, 1.82) is 0 Å². The third kappa shape index (κ3) is 3.14. The molecular formula is C17H29NO3. The number of rotatable bonds is 5. The van der Waals surface area contributed by atoms with E-state index in [9.17, 15) is 5.11 Å². The Balaban J connectivity index is 1.28. The molecule has 5 rings (SSSR count). The maximum atomic E-state index is 10.3. The predicted molar refractivity (Wildman–Crippen MR) is 80.1 cm³/mol. The van der Waals surface area contributed by atoms with Gasteiger partial charge in [-0.2, -0.15) is 0 Å². The fraction of sp³-hybridized carbons (Fsp3) is 1.00. The Morgan fingerprint density at radius 3 is 2.19 bits per heavy atom. The molecule has 5 fully saturated rings. The highest BCUT2D eigenvalue weighted by molar-refractivity contribution is 5.03. The lowest BCUT2D eigenvalue weighted by Crippen LogP contribution is -2.53. The number of aliphatic hydroxyl groups is 1. The summed E-state index contributed by atoms with van der Waals surface area (Å²) in [6.45, 7) is 4.72. The van der Waals surface area contributed by atoms with Crippen LogP contribution in [0.25, 0.3) is 0 Å². The molecule has 4 saturated carbocycles. The summed E-state index contributed by atoms with van der Waals surface area (Å²) in [7, 11) is 0. The predicted octanol–water partition coefficient (Wildman–Crippen LogP) is 1.66. The molecule has 4 bridgehead atoms. The molecule has 1 unspecified atom stereocenters. The lowest BCUT2D eigenvalue weighted by molar-refractivity contribution is -0.176. The van der Waals surface area contributed by atoms with Crippen molar-refractivity contribution in [3.05, 3.63) is 0 Å². The van der Waals surface area contributed by atoms with Gasteiger partial charge in [0.2, 0.25) is 0 Å². The summed E-state index contributed by atoms with van der Waals surface area (Å²) >= 11 is 0. The number of nitrogens with zero attached hydrogens (tertiary/aromatic N) is 1. The Morgan fingerprint density at radius 2 is 1.62 bits per heavy atom. The lowest BCUT2D eigenvalue weighted by Gasteiger charge is -2.56. The molecule has 0 aromatic carbocycles. The molecule has 21 heavy (non-hydrogen) atoms. The van der Waals surface area contributed by atoms with Gasteiger partial charge >= 0.3 is 0 Å². The first kappa shape index (κ1) is 14.4. The van der Waals surface area contributed by atoms with E-state index in [1.165, 1.54) is 38.5 Å². The Hall–Kier alpha value is -0.160. The van der Waals surface area contributed by atoms with E-state index in [0.717, 1.165) is 50.6 Å². The first-order valence-corrected chi connectivity index (χ1v) is 8.83. The van der Waals surface area contributed by atoms with Crippen molar-refractivity contribution >= 4 is 0 Å². The molecule has 1 atom stereocenters. The van der Waals surface area contributed by atoms with Crippen LogP contribution >= 0.6 is 0 Å². The van der Waals surface area contributed by atoms with Crippen LogP contribution in [0.2, 0.25) is 0 Å². The van der Waals surface area contributed by atoms with Gasteiger partial charge in [-0.1, -0.05) is 0 Å². The number of hydrogen-bond donors (Lipinski definition) is 1. The molecule has 4 aliphatic carbocycles. The number of ether oxygens (including phenoxy) is 2. The van der Waals surface area contributed by atoms with Gasteiger partial charge in [0.1, 0.15) is 0 Å². The van der Waals surface area contributed by atoms with E-state index in [2.05, 4.69) is 4.90 Å². The third-order valence-electron chi connectivity index (χ3n) is 6.14. The molecule has 120 valence electrons. The van der Waals surface area contributed by atoms with Gasteiger partial charge < -0.3 is 14.6 Å². The fourth-order valence-electron chi connectivity index (χ4n) is 5.62. The van der Waals surface area contributed by atoms with Crippen LogP contribution < -0.4 is 0 Å². The lowest BCUT2D eigenvalue weighted by atomic mass is 9.54. The van der Waals surface area contributed by atoms with Crippen LogP contribution in [0.4, 0.5) is 0 Å². The smallest absolute Gasteiger partial charge is 0.0900 e. The van der Waals surface area contributed by atoms with Crippen LogP contribution in [0.3, 0.4) is 0 Å². The van der Waals surface area contributed by atoms with Crippen LogP contribution in [-0.4, -0.2) is 61.2 Å². The third-order valence-corrected chi connectivity index (χ3v) is 6.14. The Bertz CT molecular complexity index is 332. The topological polar surface area (TPSA) is 41.9 Å². The van der Waals surface area contributed by atoms with Crippen LogP contribution in [0.5, 0.6) is 0 Å². The highest BCUT2D eigenvalue weighted by Gasteiger charge is 2.51. The molecule has 0 aromatic heterocycles. The van der Waals surface area contributed by atoms with E-state index in [-0.39, 0.29) is 11.7 Å². The second-order valence-electron chi connectivity index (χ2n) is 7.98. The van der Waals surface area contributed by atoms with E-state index in [4.69, 9.17) is 9.47 Å². The van der Waals surface area contributed by atoms with E-state index in [1.807, 2.05) is 0 Å². The first-order chi connectivity index (χ1) is 10.2. The van der Waals surface area contributed by atoms with Crippen molar-refractivity contribution in [2.24, 2.45) is 17.8 Å². The Labute approximate surface area is 127 Å². The van der Waals surface area contributed by atoms with Gasteiger partial charge in [0.25, 0.3) is 0 Å². The van der Waals surface area contributed by atoms with Crippen molar-refractivity contribution in [2.45, 2.75) is 50.2 Å². The zero-order valence-corrected chi connectivity index (χ0v) is 13.0. The van der Waals surface area contributed by atoms with Gasteiger partial charge in [-0.15, -0.1) is 0 Å². The molecule has 1 heterocycles. The normalized spacial score (nSPS) is 44.1. The van der Waals surface area contributed by atoms with E-state index >= 15 is 0 Å². The van der Waals surface area contributed by atoms with E-state index < -0.39 is 0 Å². The molecule has 1 aliphatic heterocycles. The summed E-state index contributed by atoms with van der Waals surface area (Å²) in [5, 5.41) is 10.3. The summed E-state index contributed by atoms with van der Waals surface area (Å²) in [6.07, 6.45) is 7.74. The molecular weight excluding hydrogens is 266 g/mol. The molecule has 0 aromatic rings. The highest BCUT2D eigenvalue weighted by Crippen LogP contribution is 2.57. The SMILES string of the molecule is OC(COC12CC3CC(CC(C3)C1)C2)CN1CCOCC1. The van der Waals surface area contributed by atoms with Crippen molar-refractivity contribution in [2.75, 3.05) is 39.5 Å². The molecule has 1 N–H and O–H groups in total. The summed E-state index contributed by atoms with van der Waals surface area (Å²) in [4.78, 5) is 2.29. The minimum atomic E-state index is -0.351. The average molecular weight is 295 g/mol. The van der Waals surface area contributed by atoms with Gasteiger partial charge in [0.05, 0.1) is 31.5 Å². The number of aliphatic hydroxyl groups excluding tert-OH is 1. The maximum Gasteiger partial charge on any atom is 0.0900 e. The van der Waals surface area contributed by atoms with Crippen molar-refractivity contribution < 1.29 is 14.6 Å². The van der Waals surface area contributed by atoms with Crippen LogP contribution in [-0.2, 0) is 9.47 Å². The molecule has 0 amide bonds. The highest BCUT2D eigenvalue weighted by atomic mass is 16.5.